The maximum absolute atomic E-state index is 13.4. The van der Waals surface area contributed by atoms with Gasteiger partial charge in [-0.25, -0.2) is 4.39 Å². The molecule has 1 amide bonds. The molecule has 2 saturated heterocycles. The van der Waals surface area contributed by atoms with Gasteiger partial charge in [0.15, 0.2) is 0 Å². The molecule has 2 fully saturated rings. The fourth-order valence-corrected chi connectivity index (χ4v) is 4.23. The van der Waals surface area contributed by atoms with Gasteiger partial charge in [0.1, 0.15) is 5.82 Å². The summed E-state index contributed by atoms with van der Waals surface area (Å²) in [4.78, 5) is 17.0. The van der Waals surface area contributed by atoms with Gasteiger partial charge in [-0.3, -0.25) is 9.69 Å². The summed E-state index contributed by atoms with van der Waals surface area (Å²) in [6.07, 6.45) is 3.85. The number of benzene rings is 1. The Bertz CT molecular complexity index is 594. The Balaban J connectivity index is 1.45. The summed E-state index contributed by atoms with van der Waals surface area (Å²) >= 11 is 0. The van der Waals surface area contributed by atoms with E-state index in [0.717, 1.165) is 64.1 Å². The minimum absolute atomic E-state index is 0.138. The first kappa shape index (κ1) is 18.2. The predicted molar refractivity (Wildman–Crippen MR) is 99.2 cm³/mol. The molecular weight excluding hydrogens is 317 g/mol. The summed E-state index contributed by atoms with van der Waals surface area (Å²) in [5.41, 5.74) is 0.833. The maximum atomic E-state index is 13.4. The summed E-state index contributed by atoms with van der Waals surface area (Å²) in [5, 5.41) is 3.21. The third-order valence-corrected chi connectivity index (χ3v) is 6.15. The highest BCUT2D eigenvalue weighted by Gasteiger charge is 2.43. The number of nitrogens with one attached hydrogen (secondary N) is 1. The number of amides is 1. The van der Waals surface area contributed by atoms with E-state index in [1.165, 1.54) is 6.07 Å². The fourth-order valence-electron chi connectivity index (χ4n) is 4.23. The van der Waals surface area contributed by atoms with Gasteiger partial charge in [-0.15, -0.1) is 0 Å². The van der Waals surface area contributed by atoms with Gasteiger partial charge in [-0.05, 0) is 43.9 Å². The average Bonchev–Trinajstić information content (AvgIpc) is 2.96. The second kappa shape index (κ2) is 7.73. The molecule has 0 saturated carbocycles. The highest BCUT2D eigenvalue weighted by atomic mass is 19.1. The number of piperazine rings is 1. The lowest BCUT2D eigenvalue weighted by Crippen LogP contribution is -2.47. The van der Waals surface area contributed by atoms with Crippen LogP contribution in [0.3, 0.4) is 0 Å². The number of hydrogen-bond donors (Lipinski definition) is 1. The normalized spacial score (nSPS) is 23.7. The minimum atomic E-state index is -0.174. The molecule has 3 rings (SSSR count). The number of anilines is 1. The van der Waals surface area contributed by atoms with Gasteiger partial charge in [0, 0.05) is 44.5 Å². The van der Waals surface area contributed by atoms with Crippen LogP contribution in [-0.4, -0.2) is 49.6 Å². The van der Waals surface area contributed by atoms with Crippen LogP contribution in [0.1, 0.15) is 39.5 Å². The van der Waals surface area contributed by atoms with Crippen LogP contribution in [0, 0.1) is 11.2 Å². The lowest BCUT2D eigenvalue weighted by molar-refractivity contribution is -0.128. The topological polar surface area (TPSA) is 35.6 Å². The average molecular weight is 347 g/mol. The van der Waals surface area contributed by atoms with Crippen LogP contribution in [0.15, 0.2) is 24.3 Å². The first-order valence-corrected chi connectivity index (χ1v) is 9.60. The molecule has 2 aliphatic rings. The molecule has 2 aliphatic heterocycles. The zero-order valence-electron chi connectivity index (χ0n) is 15.4. The van der Waals surface area contributed by atoms with E-state index in [0.29, 0.717) is 6.04 Å². The summed E-state index contributed by atoms with van der Waals surface area (Å²) in [5.74, 6) is 0.0747. The largest absolute Gasteiger partial charge is 0.369 e. The highest BCUT2D eigenvalue weighted by Crippen LogP contribution is 2.37. The molecule has 0 unspecified atom stereocenters. The quantitative estimate of drug-likeness (QED) is 0.859. The standard InChI is InChI=1S/C20H30FN3O/c1-3-20(4-2)15-17(22-19(20)25)8-9-23-10-12-24(13-11-23)18-7-5-6-16(21)14-18/h5-7,14,17H,3-4,8-13,15H2,1-2H3,(H,22,25)/t17-/m0/s1. The van der Waals surface area contributed by atoms with E-state index in [1.807, 2.05) is 6.07 Å². The molecule has 1 aromatic rings. The van der Waals surface area contributed by atoms with Crippen LogP contribution in [0.2, 0.25) is 0 Å². The van der Waals surface area contributed by atoms with Crippen LogP contribution in [0.25, 0.3) is 0 Å². The first-order valence-electron chi connectivity index (χ1n) is 9.60. The lowest BCUT2D eigenvalue weighted by Gasteiger charge is -2.36. The molecule has 2 heterocycles. The summed E-state index contributed by atoms with van der Waals surface area (Å²) < 4.78 is 13.4. The Morgan fingerprint density at radius 2 is 1.92 bits per heavy atom. The van der Waals surface area contributed by atoms with Crippen LogP contribution in [0.5, 0.6) is 0 Å². The van der Waals surface area contributed by atoms with E-state index in [9.17, 15) is 9.18 Å². The number of nitrogens with zero attached hydrogens (tertiary/aromatic N) is 2. The van der Waals surface area contributed by atoms with Crippen LogP contribution >= 0.6 is 0 Å². The predicted octanol–water partition coefficient (Wildman–Crippen LogP) is 3.03. The smallest absolute Gasteiger partial charge is 0.226 e. The van der Waals surface area contributed by atoms with Gasteiger partial charge in [0.2, 0.25) is 5.91 Å². The van der Waals surface area contributed by atoms with Gasteiger partial charge in [0.05, 0.1) is 5.41 Å². The molecule has 5 heteroatoms. The highest BCUT2D eigenvalue weighted by molar-refractivity contribution is 5.85. The van der Waals surface area contributed by atoms with Crippen LogP contribution in [0.4, 0.5) is 10.1 Å². The molecule has 138 valence electrons. The molecule has 0 aliphatic carbocycles. The van der Waals surface area contributed by atoms with Crippen molar-refractivity contribution in [3.8, 4) is 0 Å². The lowest BCUT2D eigenvalue weighted by atomic mass is 9.79. The zero-order valence-corrected chi connectivity index (χ0v) is 15.4. The van der Waals surface area contributed by atoms with Crippen molar-refractivity contribution in [2.45, 2.75) is 45.6 Å². The van der Waals surface area contributed by atoms with E-state index in [2.05, 4.69) is 29.0 Å². The molecule has 4 nitrogen and oxygen atoms in total. The first-order chi connectivity index (χ1) is 12.1. The van der Waals surface area contributed by atoms with Crippen molar-refractivity contribution in [3.63, 3.8) is 0 Å². The Labute approximate surface area is 150 Å². The van der Waals surface area contributed by atoms with E-state index in [1.54, 1.807) is 12.1 Å². The summed E-state index contributed by atoms with van der Waals surface area (Å²) in [7, 11) is 0. The van der Waals surface area contributed by atoms with E-state index >= 15 is 0 Å². The second-order valence-corrected chi connectivity index (χ2v) is 7.46. The van der Waals surface area contributed by atoms with E-state index in [4.69, 9.17) is 0 Å². The van der Waals surface area contributed by atoms with Crippen molar-refractivity contribution >= 4 is 11.6 Å². The second-order valence-electron chi connectivity index (χ2n) is 7.46. The molecule has 1 aromatic carbocycles. The molecular formula is C20H30FN3O. The Morgan fingerprint density at radius 3 is 2.52 bits per heavy atom. The third-order valence-electron chi connectivity index (χ3n) is 6.15. The van der Waals surface area contributed by atoms with Crippen molar-refractivity contribution < 1.29 is 9.18 Å². The Hall–Kier alpha value is -1.62. The maximum Gasteiger partial charge on any atom is 0.226 e. The Kier molecular flexibility index (Phi) is 5.62. The van der Waals surface area contributed by atoms with Crippen molar-refractivity contribution in [3.05, 3.63) is 30.1 Å². The van der Waals surface area contributed by atoms with Gasteiger partial charge in [0.25, 0.3) is 0 Å². The van der Waals surface area contributed by atoms with Gasteiger partial charge in [-0.2, -0.15) is 0 Å². The van der Waals surface area contributed by atoms with E-state index < -0.39 is 0 Å². The van der Waals surface area contributed by atoms with Gasteiger partial charge < -0.3 is 10.2 Å². The van der Waals surface area contributed by atoms with Gasteiger partial charge >= 0.3 is 0 Å². The number of hydrogen-bond acceptors (Lipinski definition) is 3. The molecule has 0 aromatic heterocycles. The fraction of sp³-hybridized carbons (Fsp3) is 0.650. The van der Waals surface area contributed by atoms with Crippen molar-refractivity contribution in [2.24, 2.45) is 5.41 Å². The van der Waals surface area contributed by atoms with Crippen molar-refractivity contribution in [1.82, 2.24) is 10.2 Å². The number of rotatable bonds is 6. The SMILES string of the molecule is CCC1(CC)C[C@H](CCN2CCN(c3cccc(F)c3)CC2)NC1=O. The molecule has 0 radical (unpaired) electrons. The minimum Gasteiger partial charge on any atom is -0.369 e. The molecule has 0 bridgehead atoms. The molecule has 25 heavy (non-hydrogen) atoms. The molecule has 1 N–H and O–H groups in total. The molecule has 1 atom stereocenters. The summed E-state index contributed by atoms with van der Waals surface area (Å²) in [6, 6.07) is 7.16. The van der Waals surface area contributed by atoms with Crippen LogP contribution in [-0.2, 0) is 4.79 Å². The van der Waals surface area contributed by atoms with Crippen molar-refractivity contribution in [1.29, 1.82) is 0 Å². The number of carbonyl (C=O) groups is 1. The summed E-state index contributed by atoms with van der Waals surface area (Å²) in [6.45, 7) is 9.09. The monoisotopic (exact) mass is 347 g/mol. The van der Waals surface area contributed by atoms with Gasteiger partial charge in [-0.1, -0.05) is 19.9 Å². The van der Waals surface area contributed by atoms with E-state index in [-0.39, 0.29) is 17.1 Å². The van der Waals surface area contributed by atoms with Crippen LogP contribution < -0.4 is 10.2 Å². The zero-order chi connectivity index (χ0) is 17.9. The number of halogens is 1. The molecule has 0 spiro atoms. The number of carbonyl (C=O) groups excluding carboxylic acids is 1. The third kappa shape index (κ3) is 3.97. The van der Waals surface area contributed by atoms with Crippen molar-refractivity contribution in [2.75, 3.05) is 37.6 Å². The Morgan fingerprint density at radius 1 is 1.20 bits per heavy atom.